The quantitative estimate of drug-likeness (QED) is 0.625. The first kappa shape index (κ1) is 19.2. The zero-order valence-corrected chi connectivity index (χ0v) is 16.8. The van der Waals surface area contributed by atoms with Crippen LogP contribution in [0.1, 0.15) is 19.3 Å². The number of anilines is 1. The summed E-state index contributed by atoms with van der Waals surface area (Å²) in [5, 5.41) is 4.17. The molecule has 0 spiro atoms. The predicted octanol–water partition coefficient (Wildman–Crippen LogP) is 2.86. The lowest BCUT2D eigenvalue weighted by molar-refractivity contribution is -0.125. The number of ether oxygens (including phenoxy) is 1. The van der Waals surface area contributed by atoms with E-state index in [-0.39, 0.29) is 11.8 Å². The molecule has 4 rings (SSSR count). The van der Waals surface area contributed by atoms with Gasteiger partial charge in [0, 0.05) is 55.8 Å². The molecule has 3 aromatic rings. The first-order valence-electron chi connectivity index (χ1n) is 10.2. The molecule has 1 aliphatic heterocycles. The fourth-order valence-electron chi connectivity index (χ4n) is 3.96. The summed E-state index contributed by atoms with van der Waals surface area (Å²) in [5.41, 5.74) is 2.06. The van der Waals surface area contributed by atoms with Crippen molar-refractivity contribution >= 4 is 22.5 Å². The number of carbonyl (C=O) groups is 1. The summed E-state index contributed by atoms with van der Waals surface area (Å²) in [5.74, 6) is 0.970. The van der Waals surface area contributed by atoms with Gasteiger partial charge in [-0.2, -0.15) is 0 Å². The van der Waals surface area contributed by atoms with Gasteiger partial charge in [-0.1, -0.05) is 0 Å². The van der Waals surface area contributed by atoms with Crippen LogP contribution in [0.2, 0.25) is 0 Å². The maximum Gasteiger partial charge on any atom is 0.224 e. The number of imidazole rings is 1. The highest BCUT2D eigenvalue weighted by atomic mass is 16.5. The minimum atomic E-state index is 0.00539. The van der Waals surface area contributed by atoms with Gasteiger partial charge in [-0.15, -0.1) is 0 Å². The van der Waals surface area contributed by atoms with Crippen LogP contribution in [-0.4, -0.2) is 47.2 Å². The normalized spacial score (nSPS) is 16.7. The number of nitrogens with one attached hydrogen (secondary N) is 1. The van der Waals surface area contributed by atoms with Gasteiger partial charge in [0.15, 0.2) is 0 Å². The Hall–Kier alpha value is -3.09. The first-order chi connectivity index (χ1) is 14.2. The SMILES string of the molecule is COc1ccc2nccc(N3CCCC(C(=O)NCCCn4ccnc4)C3)c2c1. The predicted molar refractivity (Wildman–Crippen MR) is 113 cm³/mol. The monoisotopic (exact) mass is 393 g/mol. The number of benzene rings is 1. The molecule has 1 N–H and O–H groups in total. The molecule has 1 fully saturated rings. The topological polar surface area (TPSA) is 72.3 Å². The van der Waals surface area contributed by atoms with Crippen molar-refractivity contribution < 1.29 is 9.53 Å². The maximum atomic E-state index is 12.7. The summed E-state index contributed by atoms with van der Waals surface area (Å²) in [4.78, 5) is 23.5. The van der Waals surface area contributed by atoms with Crippen LogP contribution in [0.4, 0.5) is 5.69 Å². The number of aryl methyl sites for hydroxylation is 1. The van der Waals surface area contributed by atoms with E-state index in [1.54, 1.807) is 19.6 Å². The Kier molecular flexibility index (Phi) is 5.93. The molecule has 1 saturated heterocycles. The van der Waals surface area contributed by atoms with Crippen molar-refractivity contribution in [2.24, 2.45) is 5.92 Å². The molecule has 1 aliphatic rings. The Morgan fingerprint density at radius 3 is 3.07 bits per heavy atom. The lowest BCUT2D eigenvalue weighted by atomic mass is 9.96. The van der Waals surface area contributed by atoms with Gasteiger partial charge in [-0.05, 0) is 43.5 Å². The number of aromatic nitrogens is 3. The number of piperidine rings is 1. The van der Waals surface area contributed by atoms with Crippen LogP contribution in [0.25, 0.3) is 10.9 Å². The summed E-state index contributed by atoms with van der Waals surface area (Å²) in [6.07, 6.45) is 10.2. The van der Waals surface area contributed by atoms with Crippen molar-refractivity contribution in [3.05, 3.63) is 49.2 Å². The largest absolute Gasteiger partial charge is 0.497 e. The highest BCUT2D eigenvalue weighted by Gasteiger charge is 2.26. The molecule has 29 heavy (non-hydrogen) atoms. The zero-order chi connectivity index (χ0) is 20.1. The summed E-state index contributed by atoms with van der Waals surface area (Å²) >= 11 is 0. The van der Waals surface area contributed by atoms with Gasteiger partial charge in [0.05, 0.1) is 24.9 Å². The Morgan fingerprint density at radius 1 is 1.31 bits per heavy atom. The van der Waals surface area contributed by atoms with Crippen molar-refractivity contribution in [1.82, 2.24) is 19.9 Å². The molecule has 0 aliphatic carbocycles. The van der Waals surface area contributed by atoms with Gasteiger partial charge in [0.25, 0.3) is 0 Å². The second-order valence-corrected chi connectivity index (χ2v) is 7.44. The summed E-state index contributed by atoms with van der Waals surface area (Å²) in [6.45, 7) is 3.22. The third-order valence-electron chi connectivity index (χ3n) is 5.51. The average Bonchev–Trinajstić information content (AvgIpc) is 3.29. The van der Waals surface area contributed by atoms with Gasteiger partial charge in [0.1, 0.15) is 5.75 Å². The Labute approximate surface area is 170 Å². The van der Waals surface area contributed by atoms with Gasteiger partial charge < -0.3 is 19.5 Å². The van der Waals surface area contributed by atoms with E-state index in [0.717, 1.165) is 61.2 Å². The molecule has 0 saturated carbocycles. The van der Waals surface area contributed by atoms with E-state index in [1.165, 1.54) is 0 Å². The Bertz CT molecular complexity index is 957. The van der Waals surface area contributed by atoms with Crippen molar-refractivity contribution in [3.63, 3.8) is 0 Å². The number of carbonyl (C=O) groups excluding carboxylic acids is 1. The lowest BCUT2D eigenvalue weighted by Crippen LogP contribution is -2.43. The molecule has 1 unspecified atom stereocenters. The maximum absolute atomic E-state index is 12.7. The molecular weight excluding hydrogens is 366 g/mol. The van der Waals surface area contributed by atoms with Gasteiger partial charge in [0.2, 0.25) is 5.91 Å². The summed E-state index contributed by atoms with van der Waals surface area (Å²) in [7, 11) is 1.67. The molecular formula is C22H27N5O2. The van der Waals surface area contributed by atoms with Crippen LogP contribution >= 0.6 is 0 Å². The Balaban J connectivity index is 1.39. The van der Waals surface area contributed by atoms with Crippen molar-refractivity contribution in [2.75, 3.05) is 31.6 Å². The number of methoxy groups -OCH3 is 1. The van der Waals surface area contributed by atoms with E-state index < -0.39 is 0 Å². The summed E-state index contributed by atoms with van der Waals surface area (Å²) in [6, 6.07) is 7.96. The summed E-state index contributed by atoms with van der Waals surface area (Å²) < 4.78 is 7.41. The molecule has 7 nitrogen and oxygen atoms in total. The van der Waals surface area contributed by atoms with Crippen molar-refractivity contribution in [1.29, 1.82) is 0 Å². The lowest BCUT2D eigenvalue weighted by Gasteiger charge is -2.34. The second-order valence-electron chi connectivity index (χ2n) is 7.44. The molecule has 0 radical (unpaired) electrons. The van der Waals surface area contributed by atoms with E-state index in [4.69, 9.17) is 4.74 Å². The third-order valence-corrected chi connectivity index (χ3v) is 5.51. The van der Waals surface area contributed by atoms with E-state index in [2.05, 4.69) is 20.2 Å². The van der Waals surface area contributed by atoms with Crippen molar-refractivity contribution in [2.45, 2.75) is 25.8 Å². The van der Waals surface area contributed by atoms with Gasteiger partial charge in [-0.3, -0.25) is 9.78 Å². The fraction of sp³-hybridized carbons (Fsp3) is 0.409. The number of amides is 1. The standard InChI is InChI=1S/C22H27N5O2/c1-29-18-5-6-20-19(14-18)21(7-9-24-20)27-12-2-4-17(15-27)22(28)25-8-3-11-26-13-10-23-16-26/h5-7,9-10,13-14,16-17H,2-4,8,11-12,15H2,1H3,(H,25,28). The number of hydrogen-bond donors (Lipinski definition) is 1. The van der Waals surface area contributed by atoms with Gasteiger partial charge >= 0.3 is 0 Å². The molecule has 1 aromatic carbocycles. The second kappa shape index (κ2) is 8.94. The zero-order valence-electron chi connectivity index (χ0n) is 16.8. The molecule has 1 amide bonds. The van der Waals surface area contributed by atoms with Gasteiger partial charge in [-0.25, -0.2) is 4.98 Å². The number of rotatable bonds is 7. The van der Waals surface area contributed by atoms with Crippen LogP contribution < -0.4 is 15.0 Å². The van der Waals surface area contributed by atoms with Crippen LogP contribution in [0, 0.1) is 5.92 Å². The Morgan fingerprint density at radius 2 is 2.24 bits per heavy atom. The van der Waals surface area contributed by atoms with Crippen LogP contribution in [0.5, 0.6) is 5.75 Å². The highest BCUT2D eigenvalue weighted by Crippen LogP contribution is 2.31. The number of fused-ring (bicyclic) bond motifs is 1. The van der Waals surface area contributed by atoms with Crippen LogP contribution in [0.3, 0.4) is 0 Å². The number of pyridine rings is 1. The molecule has 0 bridgehead atoms. The first-order valence-corrected chi connectivity index (χ1v) is 10.2. The minimum absolute atomic E-state index is 0.00539. The third kappa shape index (κ3) is 4.50. The molecule has 7 heteroatoms. The van der Waals surface area contributed by atoms with E-state index in [1.807, 2.05) is 41.2 Å². The van der Waals surface area contributed by atoms with Crippen LogP contribution in [0.15, 0.2) is 49.2 Å². The van der Waals surface area contributed by atoms with Crippen molar-refractivity contribution in [3.8, 4) is 5.75 Å². The molecule has 152 valence electrons. The van der Waals surface area contributed by atoms with E-state index >= 15 is 0 Å². The molecule has 1 atom stereocenters. The minimum Gasteiger partial charge on any atom is -0.497 e. The molecule has 3 heterocycles. The number of nitrogens with zero attached hydrogens (tertiary/aromatic N) is 4. The van der Waals surface area contributed by atoms with E-state index in [9.17, 15) is 4.79 Å². The number of hydrogen-bond acceptors (Lipinski definition) is 5. The van der Waals surface area contributed by atoms with Crippen LogP contribution in [-0.2, 0) is 11.3 Å². The van der Waals surface area contributed by atoms with E-state index in [0.29, 0.717) is 6.54 Å². The highest BCUT2D eigenvalue weighted by molar-refractivity contribution is 5.93. The fourth-order valence-corrected chi connectivity index (χ4v) is 3.96. The average molecular weight is 393 g/mol. The molecule has 2 aromatic heterocycles. The smallest absolute Gasteiger partial charge is 0.224 e.